The number of nitrogens with zero attached hydrogens (tertiary/aromatic N) is 1. The topological polar surface area (TPSA) is 58.6 Å². The molecule has 0 aromatic heterocycles. The van der Waals surface area contributed by atoms with Crippen LogP contribution in [0.3, 0.4) is 0 Å². The van der Waals surface area contributed by atoms with Crippen LogP contribution >= 0.6 is 15.9 Å². The van der Waals surface area contributed by atoms with Crippen LogP contribution in [-0.4, -0.2) is 47.5 Å². The highest BCUT2D eigenvalue weighted by atomic mass is 79.9. The van der Waals surface area contributed by atoms with Gasteiger partial charge in [0.25, 0.3) is 5.91 Å². The second kappa shape index (κ2) is 5.79. The maximum absolute atomic E-state index is 12.5. The van der Waals surface area contributed by atoms with Gasteiger partial charge in [0.15, 0.2) is 0 Å². The first-order chi connectivity index (χ1) is 9.00. The number of ether oxygens (including phenoxy) is 1. The van der Waals surface area contributed by atoms with E-state index in [1.807, 2.05) is 0 Å². The number of imide groups is 1. The van der Waals surface area contributed by atoms with Gasteiger partial charge in [0.1, 0.15) is 5.54 Å². The van der Waals surface area contributed by atoms with E-state index >= 15 is 0 Å². The molecule has 108 valence electrons. The first-order valence-corrected chi connectivity index (χ1v) is 7.90. The Hall–Kier alpha value is -0.620. The van der Waals surface area contributed by atoms with E-state index in [0.29, 0.717) is 38.5 Å². The summed E-state index contributed by atoms with van der Waals surface area (Å²) in [7, 11) is 0. The van der Waals surface area contributed by atoms with Crippen molar-refractivity contribution in [2.45, 2.75) is 32.2 Å². The van der Waals surface area contributed by atoms with E-state index in [-0.39, 0.29) is 17.9 Å². The van der Waals surface area contributed by atoms with Gasteiger partial charge in [-0.25, -0.2) is 4.79 Å². The predicted octanol–water partition coefficient (Wildman–Crippen LogP) is 1.75. The summed E-state index contributed by atoms with van der Waals surface area (Å²) >= 11 is 3.46. The monoisotopic (exact) mass is 332 g/mol. The van der Waals surface area contributed by atoms with Crippen molar-refractivity contribution in [2.75, 3.05) is 25.1 Å². The zero-order chi connectivity index (χ0) is 14.0. The zero-order valence-corrected chi connectivity index (χ0v) is 13.0. The van der Waals surface area contributed by atoms with Gasteiger partial charge in [0.05, 0.1) is 0 Å². The number of hydrogen-bond donors (Lipinski definition) is 1. The molecule has 1 N–H and O–H groups in total. The Bertz CT molecular complexity index is 367. The van der Waals surface area contributed by atoms with Crippen molar-refractivity contribution in [3.63, 3.8) is 0 Å². The molecule has 3 amide bonds. The van der Waals surface area contributed by atoms with Crippen molar-refractivity contribution in [3.05, 3.63) is 0 Å². The van der Waals surface area contributed by atoms with Crippen molar-refractivity contribution in [1.82, 2.24) is 10.2 Å². The molecule has 0 saturated carbocycles. The molecule has 0 bridgehead atoms. The minimum Gasteiger partial charge on any atom is -0.381 e. The van der Waals surface area contributed by atoms with E-state index in [0.717, 1.165) is 5.33 Å². The highest BCUT2D eigenvalue weighted by Crippen LogP contribution is 2.29. The molecule has 0 aliphatic carbocycles. The summed E-state index contributed by atoms with van der Waals surface area (Å²) in [5, 5.41) is 3.67. The lowest BCUT2D eigenvalue weighted by atomic mass is 9.89. The third-order valence-electron chi connectivity index (χ3n) is 4.15. The summed E-state index contributed by atoms with van der Waals surface area (Å²) in [6.45, 7) is 5.76. The standard InChI is InChI=1S/C13H21BrN2O3/c1-9(2)10(7-14)8-16-11(17)13(15-12(16)18)3-5-19-6-4-13/h9-10H,3-8H2,1-2H3,(H,15,18). The number of hydrogen-bond acceptors (Lipinski definition) is 3. The quantitative estimate of drug-likeness (QED) is 0.630. The first kappa shape index (κ1) is 14.8. The SMILES string of the molecule is CC(C)C(CBr)CN1C(=O)NC2(CCOCC2)C1=O. The Balaban J connectivity index is 2.10. The highest BCUT2D eigenvalue weighted by Gasteiger charge is 2.51. The summed E-state index contributed by atoms with van der Waals surface area (Å²) in [5.74, 6) is 0.628. The van der Waals surface area contributed by atoms with Gasteiger partial charge >= 0.3 is 6.03 Å². The molecular formula is C13H21BrN2O3. The van der Waals surface area contributed by atoms with Crippen LogP contribution in [0.1, 0.15) is 26.7 Å². The second-order valence-electron chi connectivity index (χ2n) is 5.70. The summed E-state index contributed by atoms with van der Waals surface area (Å²) in [4.78, 5) is 26.0. The number of nitrogens with one attached hydrogen (secondary N) is 1. The molecular weight excluding hydrogens is 312 g/mol. The van der Waals surface area contributed by atoms with Crippen LogP contribution in [0.25, 0.3) is 0 Å². The average molecular weight is 333 g/mol. The highest BCUT2D eigenvalue weighted by molar-refractivity contribution is 9.09. The molecule has 1 spiro atoms. The van der Waals surface area contributed by atoms with Crippen molar-refractivity contribution < 1.29 is 14.3 Å². The molecule has 2 fully saturated rings. The third kappa shape index (κ3) is 2.79. The zero-order valence-electron chi connectivity index (χ0n) is 11.4. The molecule has 2 aliphatic rings. The van der Waals surface area contributed by atoms with Crippen LogP contribution in [-0.2, 0) is 9.53 Å². The Morgan fingerprint density at radius 3 is 2.53 bits per heavy atom. The van der Waals surface area contributed by atoms with Gasteiger partial charge in [-0.15, -0.1) is 0 Å². The number of halogens is 1. The van der Waals surface area contributed by atoms with Crippen molar-refractivity contribution in [1.29, 1.82) is 0 Å². The molecule has 2 heterocycles. The van der Waals surface area contributed by atoms with Crippen molar-refractivity contribution >= 4 is 27.9 Å². The van der Waals surface area contributed by atoms with E-state index in [4.69, 9.17) is 4.74 Å². The van der Waals surface area contributed by atoms with Crippen LogP contribution in [0.2, 0.25) is 0 Å². The second-order valence-corrected chi connectivity index (χ2v) is 6.35. The third-order valence-corrected chi connectivity index (χ3v) is 4.98. The van der Waals surface area contributed by atoms with Crippen LogP contribution in [0.5, 0.6) is 0 Å². The van der Waals surface area contributed by atoms with Crippen molar-refractivity contribution in [3.8, 4) is 0 Å². The molecule has 2 saturated heterocycles. The van der Waals surface area contributed by atoms with Gasteiger partial charge in [-0.3, -0.25) is 9.69 Å². The number of amides is 3. The largest absolute Gasteiger partial charge is 0.381 e. The lowest BCUT2D eigenvalue weighted by Gasteiger charge is -2.31. The molecule has 19 heavy (non-hydrogen) atoms. The first-order valence-electron chi connectivity index (χ1n) is 6.78. The number of urea groups is 1. The normalized spacial score (nSPS) is 24.1. The average Bonchev–Trinajstić information content (AvgIpc) is 2.60. The van der Waals surface area contributed by atoms with Crippen molar-refractivity contribution in [2.24, 2.45) is 11.8 Å². The summed E-state index contributed by atoms with van der Waals surface area (Å²) < 4.78 is 5.29. The summed E-state index contributed by atoms with van der Waals surface area (Å²) in [5.41, 5.74) is -0.705. The molecule has 0 aromatic rings. The molecule has 1 unspecified atom stereocenters. The molecule has 2 aliphatic heterocycles. The Morgan fingerprint density at radius 1 is 1.37 bits per heavy atom. The Morgan fingerprint density at radius 2 is 2.00 bits per heavy atom. The van der Waals surface area contributed by atoms with E-state index in [2.05, 4.69) is 35.1 Å². The van der Waals surface area contributed by atoms with E-state index < -0.39 is 5.54 Å². The molecule has 5 nitrogen and oxygen atoms in total. The van der Waals surface area contributed by atoms with Gasteiger partial charge in [0, 0.05) is 37.9 Å². The lowest BCUT2D eigenvalue weighted by Crippen LogP contribution is -2.51. The number of alkyl halides is 1. The Kier molecular flexibility index (Phi) is 4.50. The number of rotatable bonds is 4. The molecule has 2 rings (SSSR count). The van der Waals surface area contributed by atoms with Gasteiger partial charge in [-0.1, -0.05) is 29.8 Å². The fourth-order valence-corrected chi connectivity index (χ4v) is 3.53. The predicted molar refractivity (Wildman–Crippen MR) is 75.2 cm³/mol. The summed E-state index contributed by atoms with van der Waals surface area (Å²) in [6.07, 6.45) is 1.16. The molecule has 1 atom stereocenters. The minimum absolute atomic E-state index is 0.0765. The summed E-state index contributed by atoms with van der Waals surface area (Å²) in [6, 6.07) is -0.251. The molecule has 0 radical (unpaired) electrons. The van der Waals surface area contributed by atoms with Gasteiger partial charge in [-0.2, -0.15) is 0 Å². The van der Waals surface area contributed by atoms with Crippen LogP contribution in [0, 0.1) is 11.8 Å². The van der Waals surface area contributed by atoms with E-state index in [1.165, 1.54) is 4.90 Å². The van der Waals surface area contributed by atoms with Gasteiger partial charge in [-0.05, 0) is 11.8 Å². The molecule has 0 aromatic carbocycles. The van der Waals surface area contributed by atoms with Gasteiger partial charge < -0.3 is 10.1 Å². The number of carbonyl (C=O) groups excluding carboxylic acids is 2. The van der Waals surface area contributed by atoms with Crippen LogP contribution in [0.15, 0.2) is 0 Å². The Labute approximate surface area is 122 Å². The fraction of sp³-hybridized carbons (Fsp3) is 0.846. The lowest BCUT2D eigenvalue weighted by molar-refractivity contribution is -0.135. The van der Waals surface area contributed by atoms with Gasteiger partial charge in [0.2, 0.25) is 0 Å². The minimum atomic E-state index is -0.705. The smallest absolute Gasteiger partial charge is 0.325 e. The van der Waals surface area contributed by atoms with E-state index in [1.54, 1.807) is 0 Å². The van der Waals surface area contributed by atoms with E-state index in [9.17, 15) is 9.59 Å². The molecule has 6 heteroatoms. The van der Waals surface area contributed by atoms with Crippen LogP contribution in [0.4, 0.5) is 4.79 Å². The maximum atomic E-state index is 12.5. The number of carbonyl (C=O) groups is 2. The maximum Gasteiger partial charge on any atom is 0.325 e. The fourth-order valence-electron chi connectivity index (χ4n) is 2.57. The van der Waals surface area contributed by atoms with Crippen LogP contribution < -0.4 is 5.32 Å².